The van der Waals surface area contributed by atoms with Crippen molar-refractivity contribution in [1.29, 1.82) is 0 Å². The Morgan fingerprint density at radius 1 is 1.24 bits per heavy atom. The number of amides is 1. The third kappa shape index (κ3) is 3.96. The maximum absolute atomic E-state index is 12.5. The number of aryl methyl sites for hydroxylation is 2. The van der Waals surface area contributed by atoms with E-state index in [1.165, 1.54) is 16.7 Å². The first kappa shape index (κ1) is 15.8. The molecule has 0 aliphatic carbocycles. The molecule has 0 saturated carbocycles. The lowest BCUT2D eigenvalue weighted by atomic mass is 9.96. The number of carbonyl (C=O) groups excluding carboxylic acids is 1. The fourth-order valence-electron chi connectivity index (χ4n) is 2.77. The van der Waals surface area contributed by atoms with Crippen LogP contribution < -0.4 is 0 Å². The Balaban J connectivity index is 2.18. The summed E-state index contributed by atoms with van der Waals surface area (Å²) in [7, 11) is 0. The molecule has 1 atom stereocenters. The average molecular weight is 285 g/mol. The van der Waals surface area contributed by atoms with Crippen LogP contribution in [0.5, 0.6) is 0 Å². The zero-order valence-corrected chi connectivity index (χ0v) is 13.9. The van der Waals surface area contributed by atoms with Gasteiger partial charge in [0.2, 0.25) is 5.91 Å². The Labute approximate surface area is 128 Å². The van der Waals surface area contributed by atoms with Crippen molar-refractivity contribution in [2.45, 2.75) is 53.5 Å². The Morgan fingerprint density at radius 3 is 2.57 bits per heavy atom. The highest BCUT2D eigenvalue weighted by molar-refractivity contribution is 5.88. The van der Waals surface area contributed by atoms with Crippen molar-refractivity contribution in [2.75, 3.05) is 6.54 Å². The highest BCUT2D eigenvalue weighted by atomic mass is 16.2. The van der Waals surface area contributed by atoms with Gasteiger partial charge in [-0.05, 0) is 54.9 Å². The predicted octanol–water partition coefficient (Wildman–Crippen LogP) is 4.57. The van der Waals surface area contributed by atoms with Gasteiger partial charge in [-0.3, -0.25) is 4.79 Å². The predicted molar refractivity (Wildman–Crippen MR) is 88.2 cm³/mol. The number of benzene rings is 1. The summed E-state index contributed by atoms with van der Waals surface area (Å²) >= 11 is 0. The van der Waals surface area contributed by atoms with Crippen LogP contribution in [0.3, 0.4) is 0 Å². The summed E-state index contributed by atoms with van der Waals surface area (Å²) < 4.78 is 0. The van der Waals surface area contributed by atoms with Crippen molar-refractivity contribution in [1.82, 2.24) is 4.90 Å². The Morgan fingerprint density at radius 2 is 1.95 bits per heavy atom. The van der Waals surface area contributed by atoms with Gasteiger partial charge in [-0.15, -0.1) is 0 Å². The molecule has 1 unspecified atom stereocenters. The van der Waals surface area contributed by atoms with Gasteiger partial charge in [0.15, 0.2) is 0 Å². The van der Waals surface area contributed by atoms with Crippen molar-refractivity contribution in [3.05, 3.63) is 47.0 Å². The molecule has 0 spiro atoms. The number of hydrogen-bond donors (Lipinski definition) is 0. The first-order chi connectivity index (χ1) is 9.78. The minimum Gasteiger partial charge on any atom is -0.332 e. The maximum Gasteiger partial charge on any atom is 0.246 e. The number of likely N-dealkylation sites (tertiary alicyclic amines) is 1. The van der Waals surface area contributed by atoms with E-state index in [4.69, 9.17) is 0 Å². The molecule has 1 amide bonds. The van der Waals surface area contributed by atoms with E-state index in [0.29, 0.717) is 0 Å². The molecule has 2 rings (SSSR count). The average Bonchev–Trinajstić information content (AvgIpc) is 2.87. The minimum absolute atomic E-state index is 0.0470. The normalized spacial score (nSPS) is 19.5. The SMILES string of the molecule is Cc1ccc(C2CCCN2C(=O)/C=C/C(C)(C)C)cc1C. The number of hydrogen-bond acceptors (Lipinski definition) is 1. The van der Waals surface area contributed by atoms with Gasteiger partial charge in [0.25, 0.3) is 0 Å². The van der Waals surface area contributed by atoms with Gasteiger partial charge < -0.3 is 4.90 Å². The lowest BCUT2D eigenvalue weighted by Crippen LogP contribution is -2.29. The highest BCUT2D eigenvalue weighted by Crippen LogP contribution is 2.33. The first-order valence-corrected chi connectivity index (χ1v) is 7.85. The zero-order valence-electron chi connectivity index (χ0n) is 13.9. The third-order valence-electron chi connectivity index (χ3n) is 4.18. The van der Waals surface area contributed by atoms with E-state index in [9.17, 15) is 4.79 Å². The van der Waals surface area contributed by atoms with Gasteiger partial charge in [0.1, 0.15) is 0 Å². The Kier molecular flexibility index (Phi) is 4.55. The molecule has 0 bridgehead atoms. The molecule has 21 heavy (non-hydrogen) atoms. The van der Waals surface area contributed by atoms with Crippen LogP contribution in [-0.2, 0) is 4.79 Å². The second-order valence-electron chi connectivity index (χ2n) is 7.23. The standard InChI is InChI=1S/C19H27NO/c1-14-8-9-16(13-15(14)2)17-7-6-12-20(17)18(21)10-11-19(3,4)5/h8-11,13,17H,6-7,12H2,1-5H3/b11-10+. The molecule has 1 aromatic carbocycles. The summed E-state index contributed by atoms with van der Waals surface area (Å²) in [5, 5.41) is 0. The van der Waals surface area contributed by atoms with Crippen molar-refractivity contribution in [2.24, 2.45) is 5.41 Å². The molecule has 2 heteroatoms. The molecule has 1 saturated heterocycles. The molecule has 0 radical (unpaired) electrons. The molecule has 1 aliphatic rings. The lowest BCUT2D eigenvalue weighted by molar-refractivity contribution is -0.127. The van der Waals surface area contributed by atoms with Gasteiger partial charge in [-0.2, -0.15) is 0 Å². The fraction of sp³-hybridized carbons (Fsp3) is 0.526. The summed E-state index contributed by atoms with van der Waals surface area (Å²) in [4.78, 5) is 14.5. The van der Waals surface area contributed by atoms with Gasteiger partial charge in [-0.25, -0.2) is 0 Å². The molecule has 0 aromatic heterocycles. The van der Waals surface area contributed by atoms with E-state index in [1.54, 1.807) is 6.08 Å². The van der Waals surface area contributed by atoms with Gasteiger partial charge in [0.05, 0.1) is 6.04 Å². The Hall–Kier alpha value is -1.57. The van der Waals surface area contributed by atoms with Crippen LogP contribution in [0.2, 0.25) is 0 Å². The zero-order chi connectivity index (χ0) is 15.6. The summed E-state index contributed by atoms with van der Waals surface area (Å²) in [6, 6.07) is 6.81. The number of nitrogens with zero attached hydrogens (tertiary/aromatic N) is 1. The molecule has 114 valence electrons. The number of allylic oxidation sites excluding steroid dienone is 1. The van der Waals surface area contributed by atoms with Crippen LogP contribution in [0.1, 0.15) is 56.3 Å². The first-order valence-electron chi connectivity index (χ1n) is 7.85. The monoisotopic (exact) mass is 285 g/mol. The van der Waals surface area contributed by atoms with Crippen molar-refractivity contribution < 1.29 is 4.79 Å². The summed E-state index contributed by atoms with van der Waals surface area (Å²) in [6.07, 6.45) is 5.91. The summed E-state index contributed by atoms with van der Waals surface area (Å²) in [5.41, 5.74) is 3.93. The van der Waals surface area contributed by atoms with Crippen LogP contribution in [0.4, 0.5) is 0 Å². The van der Waals surface area contributed by atoms with Crippen LogP contribution in [-0.4, -0.2) is 17.4 Å². The van der Waals surface area contributed by atoms with Crippen molar-refractivity contribution in [3.8, 4) is 0 Å². The molecule has 0 N–H and O–H groups in total. The minimum atomic E-state index is 0.0470. The molecular formula is C19H27NO. The van der Waals surface area contributed by atoms with E-state index in [0.717, 1.165) is 19.4 Å². The third-order valence-corrected chi connectivity index (χ3v) is 4.18. The van der Waals surface area contributed by atoms with E-state index in [-0.39, 0.29) is 17.4 Å². The smallest absolute Gasteiger partial charge is 0.246 e. The maximum atomic E-state index is 12.5. The second-order valence-corrected chi connectivity index (χ2v) is 7.23. The topological polar surface area (TPSA) is 20.3 Å². The molecule has 1 aromatic rings. The van der Waals surface area contributed by atoms with Gasteiger partial charge >= 0.3 is 0 Å². The van der Waals surface area contributed by atoms with Gasteiger partial charge in [0, 0.05) is 6.54 Å². The summed E-state index contributed by atoms with van der Waals surface area (Å²) in [6.45, 7) is 11.5. The molecule has 1 heterocycles. The summed E-state index contributed by atoms with van der Waals surface area (Å²) in [5.74, 6) is 0.144. The number of rotatable bonds is 2. The van der Waals surface area contributed by atoms with E-state index >= 15 is 0 Å². The fourth-order valence-corrected chi connectivity index (χ4v) is 2.77. The van der Waals surface area contributed by atoms with Crippen LogP contribution in [0, 0.1) is 19.3 Å². The lowest BCUT2D eigenvalue weighted by Gasteiger charge is -2.25. The molecule has 2 nitrogen and oxygen atoms in total. The van der Waals surface area contributed by atoms with Gasteiger partial charge in [-0.1, -0.05) is 45.0 Å². The van der Waals surface area contributed by atoms with Crippen molar-refractivity contribution >= 4 is 5.91 Å². The number of carbonyl (C=O) groups is 1. The van der Waals surface area contributed by atoms with E-state index < -0.39 is 0 Å². The second kappa shape index (κ2) is 6.05. The van der Waals surface area contributed by atoms with E-state index in [2.05, 4.69) is 52.8 Å². The molecule has 1 aliphatic heterocycles. The van der Waals surface area contributed by atoms with Crippen LogP contribution in [0.25, 0.3) is 0 Å². The molecule has 1 fully saturated rings. The highest BCUT2D eigenvalue weighted by Gasteiger charge is 2.29. The van der Waals surface area contributed by atoms with Crippen LogP contribution in [0.15, 0.2) is 30.4 Å². The molecular weight excluding hydrogens is 258 g/mol. The largest absolute Gasteiger partial charge is 0.332 e. The quantitative estimate of drug-likeness (QED) is 0.729. The van der Waals surface area contributed by atoms with Crippen LogP contribution >= 0.6 is 0 Å². The Bertz CT molecular complexity index is 551. The van der Waals surface area contributed by atoms with E-state index in [1.807, 2.05) is 11.0 Å². The van der Waals surface area contributed by atoms with Crippen molar-refractivity contribution in [3.63, 3.8) is 0 Å².